The van der Waals surface area contributed by atoms with E-state index in [4.69, 9.17) is 0 Å². The van der Waals surface area contributed by atoms with Gasteiger partial charge in [-0.3, -0.25) is 4.79 Å². The van der Waals surface area contributed by atoms with E-state index in [1.54, 1.807) is 12.4 Å². The Morgan fingerprint density at radius 3 is 3.00 bits per heavy atom. The van der Waals surface area contributed by atoms with Gasteiger partial charge in [-0.25, -0.2) is 4.98 Å². The number of nitrogens with one attached hydrogen (secondary N) is 1. The number of ketones is 1. The highest BCUT2D eigenvalue weighted by Gasteiger charge is 2.14. The molecule has 1 N–H and O–H groups in total. The van der Waals surface area contributed by atoms with Gasteiger partial charge in [-0.05, 0) is 23.9 Å². The molecular weight excluding hydrogens is 184 g/mol. The van der Waals surface area contributed by atoms with Gasteiger partial charge in [0, 0.05) is 12.4 Å². The lowest BCUT2D eigenvalue weighted by molar-refractivity contribution is 0.103. The van der Waals surface area contributed by atoms with Crippen molar-refractivity contribution in [2.24, 2.45) is 0 Å². The van der Waals surface area contributed by atoms with E-state index in [0.29, 0.717) is 5.82 Å². The van der Waals surface area contributed by atoms with Crippen molar-refractivity contribution in [3.8, 4) is 0 Å². The SMILES string of the molecule is Cc1ccsc1C(=O)c1ncc[nH]1. The Labute approximate surface area is 79.4 Å². The van der Waals surface area contributed by atoms with Crippen LogP contribution >= 0.6 is 11.3 Å². The lowest BCUT2D eigenvalue weighted by atomic mass is 10.2. The molecule has 66 valence electrons. The Kier molecular flexibility index (Phi) is 1.98. The van der Waals surface area contributed by atoms with E-state index in [1.807, 2.05) is 18.4 Å². The molecule has 0 radical (unpaired) electrons. The minimum atomic E-state index is -0.0301. The second-order valence-corrected chi connectivity index (χ2v) is 3.62. The van der Waals surface area contributed by atoms with Crippen LogP contribution in [-0.4, -0.2) is 15.8 Å². The maximum Gasteiger partial charge on any atom is 0.238 e. The van der Waals surface area contributed by atoms with E-state index in [-0.39, 0.29) is 5.78 Å². The molecule has 0 aliphatic heterocycles. The third-order valence-corrected chi connectivity index (χ3v) is 2.80. The van der Waals surface area contributed by atoms with Crippen molar-refractivity contribution in [3.05, 3.63) is 40.1 Å². The summed E-state index contributed by atoms with van der Waals surface area (Å²) in [5, 5.41) is 1.91. The van der Waals surface area contributed by atoms with Crippen LogP contribution in [0.3, 0.4) is 0 Å². The topological polar surface area (TPSA) is 45.8 Å². The minimum Gasteiger partial charge on any atom is -0.342 e. The number of nitrogens with zero attached hydrogens (tertiary/aromatic N) is 1. The minimum absolute atomic E-state index is 0.0301. The summed E-state index contributed by atoms with van der Waals surface area (Å²) in [4.78, 5) is 19.2. The second kappa shape index (κ2) is 3.14. The second-order valence-electron chi connectivity index (χ2n) is 2.70. The van der Waals surface area contributed by atoms with Crippen LogP contribution < -0.4 is 0 Å². The molecule has 0 saturated carbocycles. The normalized spacial score (nSPS) is 10.2. The van der Waals surface area contributed by atoms with Crippen molar-refractivity contribution < 1.29 is 4.79 Å². The van der Waals surface area contributed by atoms with E-state index in [1.165, 1.54) is 11.3 Å². The van der Waals surface area contributed by atoms with E-state index in [2.05, 4.69) is 9.97 Å². The summed E-state index contributed by atoms with van der Waals surface area (Å²) < 4.78 is 0. The van der Waals surface area contributed by atoms with Gasteiger partial charge >= 0.3 is 0 Å². The Bertz CT molecular complexity index is 417. The number of aryl methyl sites for hydroxylation is 1. The zero-order valence-electron chi connectivity index (χ0n) is 7.07. The fourth-order valence-electron chi connectivity index (χ4n) is 1.10. The first-order valence-corrected chi connectivity index (χ1v) is 4.75. The van der Waals surface area contributed by atoms with Gasteiger partial charge in [0.2, 0.25) is 5.78 Å². The standard InChI is InChI=1S/C9H8N2OS/c1-6-2-5-13-8(6)7(12)9-10-3-4-11-9/h2-5H,1H3,(H,10,11). The van der Waals surface area contributed by atoms with Crippen LogP contribution in [0.4, 0.5) is 0 Å². The number of aromatic nitrogens is 2. The van der Waals surface area contributed by atoms with Crippen LogP contribution in [0, 0.1) is 6.92 Å². The molecule has 0 atom stereocenters. The van der Waals surface area contributed by atoms with Gasteiger partial charge in [0.05, 0.1) is 4.88 Å². The van der Waals surface area contributed by atoms with Crippen LogP contribution in [0.2, 0.25) is 0 Å². The molecule has 2 heterocycles. The molecule has 0 aliphatic carbocycles. The zero-order chi connectivity index (χ0) is 9.26. The highest BCUT2D eigenvalue weighted by Crippen LogP contribution is 2.17. The number of imidazole rings is 1. The molecule has 0 fully saturated rings. The summed E-state index contributed by atoms with van der Waals surface area (Å²) in [6.45, 7) is 1.92. The predicted molar refractivity (Wildman–Crippen MR) is 51.1 cm³/mol. The molecule has 0 bridgehead atoms. The van der Waals surface area contributed by atoms with Crippen LogP contribution in [0.15, 0.2) is 23.8 Å². The third kappa shape index (κ3) is 1.40. The molecule has 0 unspecified atom stereocenters. The van der Waals surface area contributed by atoms with Crippen LogP contribution in [0.5, 0.6) is 0 Å². The molecule has 0 amide bonds. The molecule has 13 heavy (non-hydrogen) atoms. The fraction of sp³-hybridized carbons (Fsp3) is 0.111. The average Bonchev–Trinajstić information content (AvgIpc) is 2.72. The Balaban J connectivity index is 2.39. The van der Waals surface area contributed by atoms with Crippen molar-refractivity contribution in [2.75, 3.05) is 0 Å². The number of carbonyl (C=O) groups is 1. The molecule has 2 aromatic heterocycles. The predicted octanol–water partition coefficient (Wildman–Crippen LogP) is 2.01. The molecule has 4 heteroatoms. The quantitative estimate of drug-likeness (QED) is 0.740. The van der Waals surface area contributed by atoms with Gasteiger partial charge in [-0.2, -0.15) is 0 Å². The number of rotatable bonds is 2. The molecule has 0 aromatic carbocycles. The number of H-pyrrole nitrogens is 1. The van der Waals surface area contributed by atoms with Crippen LogP contribution in [0.25, 0.3) is 0 Å². The van der Waals surface area contributed by atoms with E-state index in [9.17, 15) is 4.79 Å². The third-order valence-electron chi connectivity index (χ3n) is 1.78. The van der Waals surface area contributed by atoms with Gasteiger partial charge in [-0.15, -0.1) is 11.3 Å². The number of thiophene rings is 1. The van der Waals surface area contributed by atoms with Crippen LogP contribution in [-0.2, 0) is 0 Å². The van der Waals surface area contributed by atoms with Gasteiger partial charge in [-0.1, -0.05) is 0 Å². The smallest absolute Gasteiger partial charge is 0.238 e. The molecule has 0 saturated heterocycles. The summed E-state index contributed by atoms with van der Waals surface area (Å²) in [7, 11) is 0. The largest absolute Gasteiger partial charge is 0.342 e. The summed E-state index contributed by atoms with van der Waals surface area (Å²) in [5.74, 6) is 0.378. The van der Waals surface area contributed by atoms with E-state index >= 15 is 0 Å². The lowest BCUT2D eigenvalue weighted by Crippen LogP contribution is -2.02. The number of carbonyl (C=O) groups excluding carboxylic acids is 1. The van der Waals surface area contributed by atoms with Crippen molar-refractivity contribution in [1.29, 1.82) is 0 Å². The molecular formula is C9H8N2OS. The Morgan fingerprint density at radius 2 is 2.46 bits per heavy atom. The summed E-state index contributed by atoms with van der Waals surface area (Å²) >= 11 is 1.45. The first-order valence-electron chi connectivity index (χ1n) is 3.87. The summed E-state index contributed by atoms with van der Waals surface area (Å²) in [6, 6.07) is 1.93. The molecule has 3 nitrogen and oxygen atoms in total. The van der Waals surface area contributed by atoms with Gasteiger partial charge < -0.3 is 4.98 Å². The van der Waals surface area contributed by atoms with Crippen LogP contribution in [0.1, 0.15) is 21.1 Å². The van der Waals surface area contributed by atoms with E-state index < -0.39 is 0 Å². The highest BCUT2D eigenvalue weighted by atomic mass is 32.1. The van der Waals surface area contributed by atoms with Gasteiger partial charge in [0.15, 0.2) is 5.82 Å². The van der Waals surface area contributed by atoms with Crippen molar-refractivity contribution in [2.45, 2.75) is 6.92 Å². The average molecular weight is 192 g/mol. The first kappa shape index (κ1) is 8.19. The van der Waals surface area contributed by atoms with Crippen molar-refractivity contribution in [1.82, 2.24) is 9.97 Å². The van der Waals surface area contributed by atoms with Gasteiger partial charge in [0.25, 0.3) is 0 Å². The Hall–Kier alpha value is -1.42. The zero-order valence-corrected chi connectivity index (χ0v) is 7.89. The fourth-order valence-corrected chi connectivity index (χ4v) is 1.97. The summed E-state index contributed by atoms with van der Waals surface area (Å²) in [5.41, 5.74) is 1.01. The lowest BCUT2D eigenvalue weighted by Gasteiger charge is -1.93. The monoisotopic (exact) mass is 192 g/mol. The number of aromatic amines is 1. The first-order chi connectivity index (χ1) is 6.29. The molecule has 2 rings (SSSR count). The van der Waals surface area contributed by atoms with E-state index in [0.717, 1.165) is 10.4 Å². The molecule has 0 aliphatic rings. The summed E-state index contributed by atoms with van der Waals surface area (Å²) in [6.07, 6.45) is 3.23. The Morgan fingerprint density at radius 1 is 1.62 bits per heavy atom. The van der Waals surface area contributed by atoms with Crippen molar-refractivity contribution >= 4 is 17.1 Å². The number of hydrogen-bond acceptors (Lipinski definition) is 3. The molecule has 2 aromatic rings. The molecule has 0 spiro atoms. The van der Waals surface area contributed by atoms with Gasteiger partial charge in [0.1, 0.15) is 0 Å². The highest BCUT2D eigenvalue weighted by molar-refractivity contribution is 7.12. The van der Waals surface area contributed by atoms with Crippen molar-refractivity contribution in [3.63, 3.8) is 0 Å². The number of hydrogen-bond donors (Lipinski definition) is 1. The maximum atomic E-state index is 11.7. The maximum absolute atomic E-state index is 11.7.